The van der Waals surface area contributed by atoms with Crippen molar-refractivity contribution in [2.75, 3.05) is 19.8 Å². The van der Waals surface area contributed by atoms with Gasteiger partial charge >= 0.3 is 5.97 Å². The fraction of sp³-hybridized carbons (Fsp3) is 0.774. The first-order valence-corrected chi connectivity index (χ1v) is 14.6. The summed E-state index contributed by atoms with van der Waals surface area (Å²) in [4.78, 5) is 12.6. The van der Waals surface area contributed by atoms with E-state index < -0.39 is 0 Å². The van der Waals surface area contributed by atoms with Crippen molar-refractivity contribution >= 4 is 5.97 Å². The van der Waals surface area contributed by atoms with E-state index in [0.29, 0.717) is 32.2 Å². The molecule has 0 amide bonds. The second kappa shape index (κ2) is 23.0. The standard InChI is InChI=1S/C31H54O4/c1-3-5-7-9-10-13-19-28(18-12-8-6-4-2)24-31(33)35-27-30(25-32)22-16-17-23-34-26-29-20-14-11-15-21-29/h11,14-15,20-21,28,30,32H,3-10,12-13,16-19,22-27H2,1-2H3. The number of hydrogen-bond acceptors (Lipinski definition) is 4. The number of ether oxygens (including phenoxy) is 2. The summed E-state index contributed by atoms with van der Waals surface area (Å²) in [5.74, 6) is 0.385. The van der Waals surface area contributed by atoms with E-state index in [0.717, 1.165) is 32.1 Å². The average Bonchev–Trinajstić information content (AvgIpc) is 2.88. The highest BCUT2D eigenvalue weighted by Gasteiger charge is 2.17. The van der Waals surface area contributed by atoms with Gasteiger partial charge in [-0.25, -0.2) is 0 Å². The summed E-state index contributed by atoms with van der Waals surface area (Å²) in [7, 11) is 0. The predicted molar refractivity (Wildman–Crippen MR) is 146 cm³/mol. The lowest BCUT2D eigenvalue weighted by Crippen LogP contribution is -2.19. The van der Waals surface area contributed by atoms with Crippen LogP contribution in [0.3, 0.4) is 0 Å². The van der Waals surface area contributed by atoms with Gasteiger partial charge in [-0.2, -0.15) is 0 Å². The molecule has 0 aliphatic carbocycles. The van der Waals surface area contributed by atoms with Gasteiger partial charge in [-0.3, -0.25) is 4.79 Å². The zero-order valence-electron chi connectivity index (χ0n) is 22.9. The topological polar surface area (TPSA) is 55.8 Å². The maximum atomic E-state index is 12.6. The van der Waals surface area contributed by atoms with Crippen LogP contribution in [-0.4, -0.2) is 30.9 Å². The maximum absolute atomic E-state index is 12.6. The minimum atomic E-state index is -0.0823. The van der Waals surface area contributed by atoms with Crippen LogP contribution >= 0.6 is 0 Å². The minimum absolute atomic E-state index is 0.0228. The Morgan fingerprint density at radius 3 is 2.00 bits per heavy atom. The summed E-state index contributed by atoms with van der Waals surface area (Å²) < 4.78 is 11.4. The normalized spacial score (nSPS) is 13.0. The summed E-state index contributed by atoms with van der Waals surface area (Å²) in [6.45, 7) is 6.24. The van der Waals surface area contributed by atoms with Crippen molar-refractivity contribution in [1.29, 1.82) is 0 Å². The van der Waals surface area contributed by atoms with Crippen LogP contribution in [0, 0.1) is 11.8 Å². The smallest absolute Gasteiger partial charge is 0.306 e. The van der Waals surface area contributed by atoms with Gasteiger partial charge in [-0.15, -0.1) is 0 Å². The van der Waals surface area contributed by atoms with Gasteiger partial charge in [0, 0.05) is 25.6 Å². The van der Waals surface area contributed by atoms with Crippen LogP contribution in [-0.2, 0) is 20.9 Å². The number of rotatable bonds is 24. The number of unbranched alkanes of at least 4 members (excludes halogenated alkanes) is 9. The van der Waals surface area contributed by atoms with Crippen LogP contribution in [0.2, 0.25) is 0 Å². The first kappa shape index (κ1) is 31.6. The molecule has 0 saturated carbocycles. The van der Waals surface area contributed by atoms with Crippen LogP contribution in [0.1, 0.15) is 122 Å². The molecule has 0 bridgehead atoms. The molecule has 35 heavy (non-hydrogen) atoms. The second-order valence-electron chi connectivity index (χ2n) is 10.2. The lowest BCUT2D eigenvalue weighted by molar-refractivity contribution is -0.146. The fourth-order valence-corrected chi connectivity index (χ4v) is 4.56. The Morgan fingerprint density at radius 2 is 1.34 bits per heavy atom. The molecule has 0 fully saturated rings. The number of benzene rings is 1. The predicted octanol–water partition coefficient (Wildman–Crippen LogP) is 8.25. The van der Waals surface area contributed by atoms with Gasteiger partial charge in [0.2, 0.25) is 0 Å². The van der Waals surface area contributed by atoms with E-state index >= 15 is 0 Å². The highest BCUT2D eigenvalue weighted by atomic mass is 16.5. The van der Waals surface area contributed by atoms with E-state index in [1.54, 1.807) is 0 Å². The molecule has 1 N–H and O–H groups in total. The van der Waals surface area contributed by atoms with Crippen molar-refractivity contribution in [3.63, 3.8) is 0 Å². The summed E-state index contributed by atoms with van der Waals surface area (Å²) in [6.07, 6.45) is 18.4. The Hall–Kier alpha value is -1.39. The SMILES string of the molecule is CCCCCCCCC(CCCCCC)CC(=O)OCC(CO)CCCCOCc1ccccc1. The molecule has 0 aliphatic rings. The Morgan fingerprint density at radius 1 is 0.771 bits per heavy atom. The van der Waals surface area contributed by atoms with E-state index in [-0.39, 0.29) is 18.5 Å². The summed E-state index contributed by atoms with van der Waals surface area (Å²) in [5, 5.41) is 9.72. The van der Waals surface area contributed by atoms with Gasteiger partial charge in [0.15, 0.2) is 0 Å². The van der Waals surface area contributed by atoms with Crippen molar-refractivity contribution < 1.29 is 19.4 Å². The monoisotopic (exact) mass is 490 g/mol. The summed E-state index contributed by atoms with van der Waals surface area (Å²) in [6, 6.07) is 10.2. The molecule has 1 rings (SSSR count). The van der Waals surface area contributed by atoms with Gasteiger partial charge in [0.25, 0.3) is 0 Å². The van der Waals surface area contributed by atoms with Crippen molar-refractivity contribution in [2.24, 2.45) is 11.8 Å². The van der Waals surface area contributed by atoms with E-state index in [2.05, 4.69) is 26.0 Å². The third-order valence-electron chi connectivity index (χ3n) is 6.89. The van der Waals surface area contributed by atoms with Crippen molar-refractivity contribution in [1.82, 2.24) is 0 Å². The Balaban J connectivity index is 2.22. The summed E-state index contributed by atoms with van der Waals surface area (Å²) in [5.41, 5.74) is 1.19. The third-order valence-corrected chi connectivity index (χ3v) is 6.89. The Kier molecular flexibility index (Phi) is 20.8. The molecular weight excluding hydrogens is 436 g/mol. The van der Waals surface area contributed by atoms with Crippen molar-refractivity contribution in [3.8, 4) is 0 Å². The van der Waals surface area contributed by atoms with E-state index in [4.69, 9.17) is 9.47 Å². The molecule has 2 atom stereocenters. The van der Waals surface area contributed by atoms with E-state index in [9.17, 15) is 9.90 Å². The molecule has 0 spiro atoms. The highest BCUT2D eigenvalue weighted by Crippen LogP contribution is 2.23. The average molecular weight is 491 g/mol. The van der Waals surface area contributed by atoms with Crippen LogP contribution < -0.4 is 0 Å². The maximum Gasteiger partial charge on any atom is 0.306 e. The minimum Gasteiger partial charge on any atom is -0.465 e. The largest absolute Gasteiger partial charge is 0.465 e. The highest BCUT2D eigenvalue weighted by molar-refractivity contribution is 5.69. The lowest BCUT2D eigenvalue weighted by atomic mass is 9.91. The second-order valence-corrected chi connectivity index (χ2v) is 10.2. The van der Waals surface area contributed by atoms with Crippen molar-refractivity contribution in [2.45, 2.75) is 123 Å². The molecule has 0 aromatic heterocycles. The number of hydrogen-bond donors (Lipinski definition) is 1. The Bertz CT molecular complexity index is 589. The molecule has 2 unspecified atom stereocenters. The van der Waals surface area contributed by atoms with E-state index in [1.165, 1.54) is 69.8 Å². The van der Waals surface area contributed by atoms with E-state index in [1.807, 2.05) is 18.2 Å². The van der Waals surface area contributed by atoms with Gasteiger partial charge in [0.1, 0.15) is 0 Å². The molecule has 4 heteroatoms. The third kappa shape index (κ3) is 18.5. The quantitative estimate of drug-likeness (QED) is 0.117. The lowest BCUT2D eigenvalue weighted by Gasteiger charge is -2.18. The molecular formula is C31H54O4. The van der Waals surface area contributed by atoms with Gasteiger partial charge in [-0.1, -0.05) is 115 Å². The zero-order valence-corrected chi connectivity index (χ0v) is 22.9. The van der Waals surface area contributed by atoms with Crippen LogP contribution in [0.5, 0.6) is 0 Å². The van der Waals surface area contributed by atoms with Gasteiger partial charge < -0.3 is 14.6 Å². The molecule has 0 heterocycles. The zero-order chi connectivity index (χ0) is 25.4. The summed E-state index contributed by atoms with van der Waals surface area (Å²) >= 11 is 0. The van der Waals surface area contributed by atoms with Crippen LogP contribution in [0.15, 0.2) is 30.3 Å². The molecule has 1 aromatic carbocycles. The molecule has 4 nitrogen and oxygen atoms in total. The van der Waals surface area contributed by atoms with Gasteiger partial charge in [-0.05, 0) is 37.2 Å². The molecule has 0 radical (unpaired) electrons. The fourth-order valence-electron chi connectivity index (χ4n) is 4.56. The first-order valence-electron chi connectivity index (χ1n) is 14.6. The number of esters is 1. The number of carbonyl (C=O) groups excluding carboxylic acids is 1. The Labute approximate surface area is 216 Å². The van der Waals surface area contributed by atoms with Gasteiger partial charge in [0.05, 0.1) is 13.2 Å². The molecule has 1 aromatic rings. The number of carbonyl (C=O) groups is 1. The van der Waals surface area contributed by atoms with Crippen molar-refractivity contribution in [3.05, 3.63) is 35.9 Å². The molecule has 0 aliphatic heterocycles. The molecule has 0 saturated heterocycles. The number of aliphatic hydroxyl groups is 1. The number of aliphatic hydroxyl groups excluding tert-OH is 1. The van der Waals surface area contributed by atoms with Crippen LogP contribution in [0.25, 0.3) is 0 Å². The van der Waals surface area contributed by atoms with Crippen LogP contribution in [0.4, 0.5) is 0 Å². The first-order chi connectivity index (χ1) is 17.2. The molecule has 202 valence electrons.